The third-order valence-corrected chi connectivity index (χ3v) is 6.45. The van der Waals surface area contributed by atoms with Gasteiger partial charge in [0.15, 0.2) is 29.1 Å². The van der Waals surface area contributed by atoms with Gasteiger partial charge in [-0.1, -0.05) is 12.8 Å². The number of fused-ring (bicyclic) bond motifs is 1. The number of pyridine rings is 1. The molecule has 0 radical (unpaired) electrons. The molecule has 1 fully saturated rings. The summed E-state index contributed by atoms with van der Waals surface area (Å²) in [4.78, 5) is 18.5. The van der Waals surface area contributed by atoms with Gasteiger partial charge in [-0.15, -0.1) is 0 Å². The number of amides is 1. The minimum atomic E-state index is -0.706. The van der Waals surface area contributed by atoms with Crippen molar-refractivity contribution in [2.45, 2.75) is 64.1 Å². The summed E-state index contributed by atoms with van der Waals surface area (Å²) < 4.78 is 37.0. The standard InChI is InChI=1S/C27H34F2N8O2/c1-27(2,3)39-26(38)33-21-10-8-7-9-20(21)32-24-19(29)11-15(14-30)23(34-24)31-16-12-17-22(18(28)13-16)37(6)35-25(17)36(4)5/h11-13,20-21H,7-10H2,1-6H3,(H,33,38)(H2,31,32,34)/t20-,21?/m1/s1. The summed E-state index contributed by atoms with van der Waals surface area (Å²) in [7, 11) is 5.28. The van der Waals surface area contributed by atoms with Gasteiger partial charge in [0.05, 0.1) is 11.6 Å². The van der Waals surface area contributed by atoms with Crippen LogP contribution < -0.4 is 20.9 Å². The van der Waals surface area contributed by atoms with Gasteiger partial charge in [-0.3, -0.25) is 4.68 Å². The Morgan fingerprint density at radius 1 is 1.13 bits per heavy atom. The van der Waals surface area contributed by atoms with Crippen LogP contribution in [0.25, 0.3) is 10.9 Å². The highest BCUT2D eigenvalue weighted by Gasteiger charge is 2.30. The molecule has 1 aliphatic rings. The molecule has 1 unspecified atom stereocenters. The van der Waals surface area contributed by atoms with Crippen LogP contribution in [-0.2, 0) is 11.8 Å². The van der Waals surface area contributed by atoms with E-state index in [9.17, 15) is 10.1 Å². The summed E-state index contributed by atoms with van der Waals surface area (Å²) in [5.74, 6) is -0.636. The maximum absolute atomic E-state index is 15.1. The van der Waals surface area contributed by atoms with E-state index in [1.165, 1.54) is 10.7 Å². The lowest BCUT2D eigenvalue weighted by Gasteiger charge is -2.33. The average Bonchev–Trinajstić information content (AvgIpc) is 3.18. The molecule has 3 aromatic rings. The molecule has 1 aromatic carbocycles. The molecule has 0 bridgehead atoms. The molecule has 39 heavy (non-hydrogen) atoms. The van der Waals surface area contributed by atoms with Gasteiger partial charge >= 0.3 is 6.09 Å². The quantitative estimate of drug-likeness (QED) is 0.391. The predicted molar refractivity (Wildman–Crippen MR) is 146 cm³/mol. The molecule has 1 aliphatic carbocycles. The Morgan fingerprint density at radius 2 is 1.82 bits per heavy atom. The van der Waals surface area contributed by atoms with E-state index in [0.29, 0.717) is 35.2 Å². The summed E-state index contributed by atoms with van der Waals surface area (Å²) in [6, 6.07) is 5.42. The third kappa shape index (κ3) is 6.30. The first-order chi connectivity index (χ1) is 18.4. The summed E-state index contributed by atoms with van der Waals surface area (Å²) >= 11 is 0. The van der Waals surface area contributed by atoms with E-state index in [1.807, 2.05) is 20.2 Å². The van der Waals surface area contributed by atoms with Crippen molar-refractivity contribution >= 4 is 40.1 Å². The molecule has 2 atom stereocenters. The van der Waals surface area contributed by atoms with Crippen LogP contribution in [0.2, 0.25) is 0 Å². The lowest BCUT2D eigenvalue weighted by molar-refractivity contribution is 0.0488. The Morgan fingerprint density at radius 3 is 2.46 bits per heavy atom. The SMILES string of the molecule is CN(C)c1nn(C)c2c(F)cc(Nc3nc(N[C@@H]4CCCCC4NC(=O)OC(C)(C)C)c(F)cc3C#N)cc12. The van der Waals surface area contributed by atoms with Crippen LogP contribution in [-0.4, -0.2) is 52.6 Å². The Labute approximate surface area is 226 Å². The van der Waals surface area contributed by atoms with Crippen LogP contribution in [0.3, 0.4) is 0 Å². The topological polar surface area (TPSA) is 120 Å². The molecule has 0 spiro atoms. The maximum Gasteiger partial charge on any atom is 0.407 e. The van der Waals surface area contributed by atoms with Crippen molar-refractivity contribution in [3.8, 4) is 6.07 Å². The number of benzene rings is 1. The number of hydrogen-bond donors (Lipinski definition) is 3. The summed E-state index contributed by atoms with van der Waals surface area (Å²) in [6.07, 6.45) is 2.64. The normalized spacial score (nSPS) is 17.4. The molecule has 0 saturated heterocycles. The Hall–Kier alpha value is -4.14. The minimum absolute atomic E-state index is 0.0374. The number of hydrogen-bond acceptors (Lipinski definition) is 8. The lowest BCUT2D eigenvalue weighted by Crippen LogP contribution is -2.50. The van der Waals surface area contributed by atoms with Gasteiger partial charge in [-0.25, -0.2) is 18.6 Å². The summed E-state index contributed by atoms with van der Waals surface area (Å²) in [5.41, 5.74) is -0.0151. The molecule has 208 valence electrons. The number of carbonyl (C=O) groups is 1. The Kier molecular flexibility index (Phi) is 7.81. The number of ether oxygens (including phenoxy) is 1. The molecule has 1 amide bonds. The van der Waals surface area contributed by atoms with Crippen molar-refractivity contribution in [1.29, 1.82) is 5.26 Å². The molecular formula is C27H34F2N8O2. The highest BCUT2D eigenvalue weighted by atomic mass is 19.1. The third-order valence-electron chi connectivity index (χ3n) is 6.45. The molecular weight excluding hydrogens is 506 g/mol. The highest BCUT2D eigenvalue weighted by Crippen LogP contribution is 2.32. The molecule has 4 rings (SSSR count). The van der Waals surface area contributed by atoms with Crippen molar-refractivity contribution in [3.05, 3.63) is 35.4 Å². The largest absolute Gasteiger partial charge is 0.444 e. The van der Waals surface area contributed by atoms with Gasteiger partial charge in [0.1, 0.15) is 17.2 Å². The van der Waals surface area contributed by atoms with E-state index in [0.717, 1.165) is 18.9 Å². The van der Waals surface area contributed by atoms with Crippen molar-refractivity contribution in [1.82, 2.24) is 20.1 Å². The number of nitrogens with zero attached hydrogens (tertiary/aromatic N) is 5. The number of nitriles is 1. The number of carbonyl (C=O) groups excluding carboxylic acids is 1. The molecule has 0 aliphatic heterocycles. The second-order valence-electron chi connectivity index (χ2n) is 10.9. The van der Waals surface area contributed by atoms with Gasteiger partial charge in [-0.05, 0) is 51.8 Å². The fraction of sp³-hybridized carbons (Fsp3) is 0.481. The van der Waals surface area contributed by atoms with Gasteiger partial charge in [0.25, 0.3) is 0 Å². The lowest BCUT2D eigenvalue weighted by atomic mass is 9.90. The van der Waals surface area contributed by atoms with Gasteiger partial charge in [0, 0.05) is 38.3 Å². The van der Waals surface area contributed by atoms with Crippen molar-refractivity contribution in [3.63, 3.8) is 0 Å². The van der Waals surface area contributed by atoms with Gasteiger partial charge in [-0.2, -0.15) is 10.4 Å². The molecule has 12 heteroatoms. The van der Waals surface area contributed by atoms with Crippen LogP contribution in [0.15, 0.2) is 18.2 Å². The number of alkyl carbamates (subject to hydrolysis) is 1. The number of anilines is 4. The zero-order valence-corrected chi connectivity index (χ0v) is 23.0. The second-order valence-corrected chi connectivity index (χ2v) is 10.9. The van der Waals surface area contributed by atoms with Crippen LogP contribution in [0, 0.1) is 23.0 Å². The van der Waals surface area contributed by atoms with Crippen LogP contribution in [0.1, 0.15) is 52.0 Å². The van der Waals surface area contributed by atoms with Crippen molar-refractivity contribution in [2.24, 2.45) is 7.05 Å². The van der Waals surface area contributed by atoms with Crippen LogP contribution in [0.4, 0.5) is 36.7 Å². The number of rotatable bonds is 6. The smallest absolute Gasteiger partial charge is 0.407 e. The molecule has 3 N–H and O–H groups in total. The molecule has 2 aromatic heterocycles. The minimum Gasteiger partial charge on any atom is -0.444 e. The maximum atomic E-state index is 15.1. The summed E-state index contributed by atoms with van der Waals surface area (Å²) in [5, 5.41) is 23.6. The Bertz CT molecular complexity index is 1420. The van der Waals surface area contributed by atoms with Crippen molar-refractivity contribution < 1.29 is 18.3 Å². The predicted octanol–water partition coefficient (Wildman–Crippen LogP) is 5.18. The Balaban J connectivity index is 1.62. The number of aromatic nitrogens is 3. The van der Waals surface area contributed by atoms with Gasteiger partial charge in [0.2, 0.25) is 0 Å². The first-order valence-electron chi connectivity index (χ1n) is 12.8. The molecule has 2 heterocycles. The van der Waals surface area contributed by atoms with E-state index in [-0.39, 0.29) is 29.3 Å². The number of aryl methyl sites for hydroxylation is 1. The number of nitrogens with one attached hydrogen (secondary N) is 3. The first-order valence-corrected chi connectivity index (χ1v) is 12.8. The molecule has 10 nitrogen and oxygen atoms in total. The van der Waals surface area contributed by atoms with Crippen LogP contribution in [0.5, 0.6) is 0 Å². The van der Waals surface area contributed by atoms with E-state index in [4.69, 9.17) is 4.74 Å². The van der Waals surface area contributed by atoms with Gasteiger partial charge < -0.3 is 25.6 Å². The van der Waals surface area contributed by atoms with Crippen LogP contribution >= 0.6 is 0 Å². The monoisotopic (exact) mass is 540 g/mol. The zero-order chi connectivity index (χ0) is 28.5. The fourth-order valence-corrected chi connectivity index (χ4v) is 4.77. The second kappa shape index (κ2) is 10.9. The van der Waals surface area contributed by atoms with Crippen molar-refractivity contribution in [2.75, 3.05) is 29.6 Å². The molecule has 1 saturated carbocycles. The van der Waals surface area contributed by atoms with E-state index in [2.05, 4.69) is 26.0 Å². The highest BCUT2D eigenvalue weighted by molar-refractivity contribution is 5.94. The average molecular weight is 541 g/mol. The fourth-order valence-electron chi connectivity index (χ4n) is 4.77. The van der Waals surface area contributed by atoms with E-state index >= 15 is 8.78 Å². The van der Waals surface area contributed by atoms with E-state index in [1.54, 1.807) is 38.8 Å². The first kappa shape index (κ1) is 27.9. The number of halogens is 2. The van der Waals surface area contributed by atoms with E-state index < -0.39 is 23.3 Å². The summed E-state index contributed by atoms with van der Waals surface area (Å²) in [6.45, 7) is 5.35. The zero-order valence-electron chi connectivity index (χ0n) is 23.0.